The Morgan fingerprint density at radius 3 is 0.773 bits per heavy atom. The molecule has 0 radical (unpaired) electrons. The van der Waals surface area contributed by atoms with Crippen LogP contribution >= 0.6 is 11.6 Å². The summed E-state index contributed by atoms with van der Waals surface area (Å²) in [7, 11) is 0. The fourth-order valence-electron chi connectivity index (χ4n) is 10.4. The Morgan fingerprint density at radius 1 is 0.352 bits per heavy atom. The van der Waals surface area contributed by atoms with E-state index in [2.05, 4.69) is 122 Å². The second-order valence-corrected chi connectivity index (χ2v) is 22.4. The quantitative estimate of drug-likeness (QED) is 0.121. The Bertz CT molecular complexity index is 2660. The molecule has 468 valence electrons. The molecule has 0 bridgehead atoms. The van der Waals surface area contributed by atoms with Crippen molar-refractivity contribution in [3.8, 4) is 0 Å². The second-order valence-electron chi connectivity index (χ2n) is 22.0. The van der Waals surface area contributed by atoms with Gasteiger partial charge in [0.05, 0.1) is 26.3 Å². The first-order valence-corrected chi connectivity index (χ1v) is 32.1. The summed E-state index contributed by atoms with van der Waals surface area (Å²) < 4.78 is 12.1. The highest BCUT2D eigenvalue weighted by atomic mass is 35.5. The highest BCUT2D eigenvalue weighted by Gasteiger charge is 2.13. The number of carbonyl (C=O) groups excluding carboxylic acids is 1. The van der Waals surface area contributed by atoms with Gasteiger partial charge in [-0.15, -0.1) is 0 Å². The topological polar surface area (TPSA) is 124 Å². The number of piperidine rings is 6. The molecule has 0 atom stereocenters. The average molecular weight is 1210 g/mol. The molecule has 0 unspecified atom stereocenters. The lowest BCUT2D eigenvalue weighted by molar-refractivity contribution is -0.0980. The number of nitrogens with zero attached hydrogens (tertiary/aromatic N) is 8. The lowest BCUT2D eigenvalue weighted by Crippen LogP contribution is -2.29. The fraction of sp³-hybridized carbons (Fsp3) is 0.438. The molecule has 0 aliphatic carbocycles. The smallest absolute Gasteiger partial charge is 0.187 e. The summed E-state index contributed by atoms with van der Waals surface area (Å²) in [4.78, 5) is 30.8. The number of hydrogen-bond donors (Lipinski definition) is 4. The van der Waals surface area contributed by atoms with E-state index in [-0.39, 0.29) is 5.82 Å². The maximum Gasteiger partial charge on any atom is 0.187 e. The van der Waals surface area contributed by atoms with Gasteiger partial charge in [0.2, 0.25) is 0 Å². The van der Waals surface area contributed by atoms with E-state index in [1.54, 1.807) is 24.3 Å². The molecule has 6 aliphatic rings. The van der Waals surface area contributed by atoms with Gasteiger partial charge in [-0.2, -0.15) is 0 Å². The van der Waals surface area contributed by atoms with Crippen LogP contribution in [0.2, 0.25) is 5.02 Å². The van der Waals surface area contributed by atoms with E-state index in [0.29, 0.717) is 29.5 Å². The van der Waals surface area contributed by atoms with E-state index in [9.17, 15) is 4.39 Å². The van der Waals surface area contributed by atoms with Gasteiger partial charge < -0.3 is 46.5 Å². The van der Waals surface area contributed by atoms with Crippen LogP contribution in [0.15, 0.2) is 146 Å². The predicted octanol–water partition coefficient (Wildman–Crippen LogP) is 17.3. The third kappa shape index (κ3) is 30.2. The number of nitrogens with two attached hydrogens (primary N) is 2. The number of hydrogen-bond acceptors (Lipinski definition) is 9. The average Bonchev–Trinajstić information content (AvgIpc) is 3.80. The molecule has 12 rings (SSSR count). The molecule has 15 heteroatoms. The van der Waals surface area contributed by atoms with E-state index in [4.69, 9.17) is 54.2 Å². The fourth-order valence-corrected chi connectivity index (χ4v) is 10.5. The van der Waals surface area contributed by atoms with Crippen molar-refractivity contribution >= 4 is 63.9 Å². The summed E-state index contributed by atoms with van der Waals surface area (Å²) in [5.41, 5.74) is 21.3. The van der Waals surface area contributed by atoms with Crippen molar-refractivity contribution in [2.75, 3.05) is 98.1 Å². The third-order valence-corrected chi connectivity index (χ3v) is 15.8. The number of carbonyl (C=O) groups is 1. The molecule has 6 fully saturated rings. The molecule has 6 aliphatic heterocycles. The van der Waals surface area contributed by atoms with Gasteiger partial charge in [-0.25, -0.2) is 23.8 Å². The standard InChI is InChI=1S/2C12H14N2.2C12H18N2.C7H4ClN.C7H4FN.2C5H11N.CH2O/c2*1-13-11-5-7-12(8-6-11)14-9-3-2-4-10-14;2*13-10-11-4-6-12(7-5-11)14-8-2-1-3-9-14;2*1-9-7-4-2-6(8)3-5-7;2*1-2-4-6-5-3-1;1-2/h2*5-8H,2-4,9-10H2;2*4-7H,1-3,8-10,13H2;2*2-5H;2*6H,1-5H2;1H2. The van der Waals surface area contributed by atoms with Crippen molar-refractivity contribution in [1.29, 1.82) is 0 Å². The van der Waals surface area contributed by atoms with Crippen LogP contribution in [0, 0.1) is 32.1 Å². The first-order chi connectivity index (χ1) is 43.2. The number of halogens is 2. The van der Waals surface area contributed by atoms with Crippen LogP contribution in [0.5, 0.6) is 0 Å². The normalized spacial score (nSPS) is 15.7. The third-order valence-electron chi connectivity index (χ3n) is 15.5. The van der Waals surface area contributed by atoms with Gasteiger partial charge in [0.25, 0.3) is 0 Å². The van der Waals surface area contributed by atoms with E-state index in [1.807, 2.05) is 31.1 Å². The minimum absolute atomic E-state index is 0.303. The molecule has 0 saturated carbocycles. The van der Waals surface area contributed by atoms with Gasteiger partial charge in [-0.3, -0.25) is 0 Å². The van der Waals surface area contributed by atoms with Crippen LogP contribution in [0.1, 0.15) is 127 Å². The first kappa shape index (κ1) is 72.7. The van der Waals surface area contributed by atoms with Gasteiger partial charge in [0, 0.05) is 93.2 Å². The van der Waals surface area contributed by atoms with Crippen LogP contribution in [0.3, 0.4) is 0 Å². The molecule has 0 aromatic heterocycles. The van der Waals surface area contributed by atoms with Crippen molar-refractivity contribution in [3.05, 3.63) is 213 Å². The Labute approximate surface area is 532 Å². The Morgan fingerprint density at radius 2 is 0.568 bits per heavy atom. The zero-order chi connectivity index (χ0) is 63.1. The molecular weight excluding hydrogens is 1120 g/mol. The Hall–Kier alpha value is -7.79. The van der Waals surface area contributed by atoms with E-state index in [0.717, 1.165) is 37.6 Å². The molecule has 0 spiro atoms. The minimum atomic E-state index is -0.303. The van der Waals surface area contributed by atoms with Crippen molar-refractivity contribution in [2.24, 2.45) is 11.5 Å². The van der Waals surface area contributed by atoms with Gasteiger partial charge in [0.15, 0.2) is 22.7 Å². The van der Waals surface area contributed by atoms with Crippen LogP contribution in [0.25, 0.3) is 19.4 Å². The molecule has 6 N–H and O–H groups in total. The van der Waals surface area contributed by atoms with Crippen molar-refractivity contribution in [2.45, 2.75) is 129 Å². The van der Waals surface area contributed by atoms with E-state index in [1.165, 1.54) is 226 Å². The maximum absolute atomic E-state index is 12.1. The Kier molecular flexibility index (Phi) is 38.3. The van der Waals surface area contributed by atoms with Crippen LogP contribution in [0.4, 0.5) is 49.9 Å². The largest absolute Gasteiger partial charge is 0.372 e. The summed E-state index contributed by atoms with van der Waals surface area (Å²) >= 11 is 5.57. The van der Waals surface area contributed by atoms with Crippen molar-refractivity contribution < 1.29 is 9.18 Å². The van der Waals surface area contributed by atoms with Crippen molar-refractivity contribution in [3.63, 3.8) is 0 Å². The monoisotopic (exact) mass is 1210 g/mol. The molecule has 6 aromatic carbocycles. The lowest BCUT2D eigenvalue weighted by Gasteiger charge is -2.28. The van der Waals surface area contributed by atoms with Gasteiger partial charge in [0.1, 0.15) is 12.6 Å². The van der Waals surface area contributed by atoms with Gasteiger partial charge in [-0.05, 0) is 201 Å². The summed E-state index contributed by atoms with van der Waals surface area (Å²) in [5.74, 6) is -0.303. The summed E-state index contributed by atoms with van der Waals surface area (Å²) in [6, 6.07) is 45.3. The molecule has 13 nitrogen and oxygen atoms in total. The highest BCUT2D eigenvalue weighted by molar-refractivity contribution is 6.30. The van der Waals surface area contributed by atoms with Gasteiger partial charge in [-0.1, -0.05) is 109 Å². The number of anilines is 4. The summed E-state index contributed by atoms with van der Waals surface area (Å²) in [6.45, 7) is 44.6. The molecule has 88 heavy (non-hydrogen) atoms. The van der Waals surface area contributed by atoms with Crippen molar-refractivity contribution in [1.82, 2.24) is 10.6 Å². The first-order valence-electron chi connectivity index (χ1n) is 31.7. The number of nitrogens with one attached hydrogen (secondary N) is 2. The second kappa shape index (κ2) is 46.4. The highest BCUT2D eigenvalue weighted by Crippen LogP contribution is 2.26. The van der Waals surface area contributed by atoms with E-state index >= 15 is 0 Å². The molecular formula is C73H96ClFN12O. The molecule has 6 saturated heterocycles. The zero-order valence-corrected chi connectivity index (χ0v) is 52.8. The minimum Gasteiger partial charge on any atom is -0.372 e. The SMILES string of the molecule is C1CCNCC1.C1CCNCC1.C=O.NCc1ccc(N2CCCCC2)cc1.NCc1ccc(N2CCCCC2)cc1.[C-]#[N+]c1ccc(Cl)cc1.[C-]#[N+]c1ccc(F)cc1.[C-]#[N+]c1ccc(N2CCCCC2)cc1.[C-]#[N+]c1ccc(N2CCCCC2)cc1. The van der Waals surface area contributed by atoms with Crippen LogP contribution in [-0.4, -0.2) is 85.3 Å². The van der Waals surface area contributed by atoms with Crippen LogP contribution < -0.4 is 41.7 Å². The molecule has 6 aromatic rings. The van der Waals surface area contributed by atoms with E-state index < -0.39 is 0 Å². The number of rotatable bonds is 6. The lowest BCUT2D eigenvalue weighted by atomic mass is 10.1. The summed E-state index contributed by atoms with van der Waals surface area (Å²) in [6.07, 6.45) is 24.4. The maximum atomic E-state index is 12.1. The zero-order valence-electron chi connectivity index (χ0n) is 52.1. The molecule has 0 amide bonds. The van der Waals surface area contributed by atoms with Gasteiger partial charge >= 0.3 is 0 Å². The number of benzene rings is 6. The Balaban J connectivity index is 0.000000218. The predicted molar refractivity (Wildman–Crippen MR) is 369 cm³/mol. The summed E-state index contributed by atoms with van der Waals surface area (Å²) in [5, 5.41) is 7.24. The van der Waals surface area contributed by atoms with Crippen LogP contribution in [-0.2, 0) is 17.9 Å². The molecule has 6 heterocycles.